The molecule has 0 aliphatic heterocycles. The summed E-state index contributed by atoms with van der Waals surface area (Å²) in [5.74, 6) is -0.414. The third-order valence-electron chi connectivity index (χ3n) is 2.28. The fraction of sp³-hybridized carbons (Fsp3) is 0.500. The topological polar surface area (TPSA) is 63.5 Å². The number of thiophene rings is 1. The SMILES string of the molecule is CCN(CC(F)(F)F)c1sc(C(C)=O)cc1[N+](=O)[O-]. The van der Waals surface area contributed by atoms with E-state index in [1.807, 2.05) is 0 Å². The lowest BCUT2D eigenvalue weighted by Crippen LogP contribution is -2.33. The van der Waals surface area contributed by atoms with Gasteiger partial charge in [-0.1, -0.05) is 0 Å². The molecule has 0 spiro atoms. The van der Waals surface area contributed by atoms with Crippen molar-refractivity contribution in [2.75, 3.05) is 18.0 Å². The molecule has 0 unspecified atom stereocenters. The van der Waals surface area contributed by atoms with Crippen molar-refractivity contribution >= 4 is 27.8 Å². The number of rotatable bonds is 5. The van der Waals surface area contributed by atoms with Crippen LogP contribution >= 0.6 is 11.3 Å². The van der Waals surface area contributed by atoms with Gasteiger partial charge in [0.25, 0.3) is 0 Å². The lowest BCUT2D eigenvalue weighted by Gasteiger charge is -2.21. The van der Waals surface area contributed by atoms with Crippen LogP contribution in [0.15, 0.2) is 6.07 Å². The average Bonchev–Trinajstić information content (AvgIpc) is 2.69. The fourth-order valence-electron chi connectivity index (χ4n) is 1.45. The molecule has 5 nitrogen and oxygen atoms in total. The van der Waals surface area contributed by atoms with E-state index < -0.39 is 29.1 Å². The summed E-state index contributed by atoms with van der Waals surface area (Å²) in [4.78, 5) is 22.1. The normalized spacial score (nSPS) is 11.4. The second-order valence-corrected chi connectivity index (χ2v) is 4.77. The maximum atomic E-state index is 12.4. The van der Waals surface area contributed by atoms with E-state index in [9.17, 15) is 28.1 Å². The summed E-state index contributed by atoms with van der Waals surface area (Å²) >= 11 is 0.704. The Hall–Kier alpha value is -1.64. The van der Waals surface area contributed by atoms with Crippen molar-refractivity contribution in [3.8, 4) is 0 Å². The predicted octanol–water partition coefficient (Wildman–Crippen LogP) is 3.25. The number of anilines is 1. The Kier molecular flexibility index (Phi) is 4.51. The number of alkyl halides is 3. The third kappa shape index (κ3) is 3.91. The van der Waals surface area contributed by atoms with Gasteiger partial charge >= 0.3 is 11.9 Å². The zero-order chi connectivity index (χ0) is 14.8. The quantitative estimate of drug-likeness (QED) is 0.475. The molecule has 0 aliphatic rings. The lowest BCUT2D eigenvalue weighted by atomic mass is 10.3. The zero-order valence-electron chi connectivity index (χ0n) is 10.2. The van der Waals surface area contributed by atoms with Gasteiger partial charge in [-0.15, -0.1) is 11.3 Å². The van der Waals surface area contributed by atoms with Gasteiger partial charge in [-0.05, 0) is 13.8 Å². The van der Waals surface area contributed by atoms with E-state index >= 15 is 0 Å². The van der Waals surface area contributed by atoms with E-state index in [1.165, 1.54) is 13.8 Å². The van der Waals surface area contributed by atoms with E-state index in [0.29, 0.717) is 11.3 Å². The molecule has 1 heterocycles. The number of Topliss-reactive ketones (excluding diaryl/α,β-unsaturated/α-hetero) is 1. The number of nitrogens with zero attached hydrogens (tertiary/aromatic N) is 2. The van der Waals surface area contributed by atoms with Crippen LogP contribution in [0.25, 0.3) is 0 Å². The Morgan fingerprint density at radius 1 is 1.53 bits per heavy atom. The van der Waals surface area contributed by atoms with Crippen LogP contribution in [0.3, 0.4) is 0 Å². The molecule has 1 aromatic heterocycles. The summed E-state index contributed by atoms with van der Waals surface area (Å²) in [6.45, 7) is 1.34. The van der Waals surface area contributed by atoms with Crippen LogP contribution in [0.2, 0.25) is 0 Å². The smallest absolute Gasteiger partial charge is 0.349 e. The number of halogens is 3. The van der Waals surface area contributed by atoms with E-state index in [4.69, 9.17) is 0 Å². The molecule has 0 saturated heterocycles. The lowest BCUT2D eigenvalue weighted by molar-refractivity contribution is -0.383. The Morgan fingerprint density at radius 2 is 2.11 bits per heavy atom. The molecule has 0 aliphatic carbocycles. The minimum Gasteiger partial charge on any atom is -0.349 e. The van der Waals surface area contributed by atoms with Crippen molar-refractivity contribution < 1.29 is 22.9 Å². The second-order valence-electron chi connectivity index (χ2n) is 3.74. The Labute approximate surface area is 110 Å². The van der Waals surface area contributed by atoms with Gasteiger partial charge in [0.05, 0.1) is 9.80 Å². The molecule has 0 atom stereocenters. The van der Waals surface area contributed by atoms with Crippen LogP contribution in [0.1, 0.15) is 23.5 Å². The van der Waals surface area contributed by atoms with E-state index in [1.54, 1.807) is 0 Å². The highest BCUT2D eigenvalue weighted by Gasteiger charge is 2.34. The van der Waals surface area contributed by atoms with Crippen LogP contribution in [-0.2, 0) is 0 Å². The average molecular weight is 296 g/mol. The fourth-order valence-corrected chi connectivity index (χ4v) is 2.53. The summed E-state index contributed by atoms with van der Waals surface area (Å²) in [6.07, 6.45) is -4.47. The molecule has 9 heteroatoms. The van der Waals surface area contributed by atoms with Gasteiger partial charge in [-0.25, -0.2) is 0 Å². The summed E-state index contributed by atoms with van der Waals surface area (Å²) in [5, 5.41) is 10.7. The first kappa shape index (κ1) is 15.4. The van der Waals surface area contributed by atoms with Crippen molar-refractivity contribution in [3.05, 3.63) is 21.1 Å². The molecule has 19 heavy (non-hydrogen) atoms. The second kappa shape index (κ2) is 5.55. The molecular weight excluding hydrogens is 285 g/mol. The van der Waals surface area contributed by atoms with E-state index in [0.717, 1.165) is 11.0 Å². The molecule has 106 valence electrons. The zero-order valence-corrected chi connectivity index (χ0v) is 11.0. The summed E-state index contributed by atoms with van der Waals surface area (Å²) < 4.78 is 37.2. The molecule has 0 aromatic carbocycles. The number of hydrogen-bond acceptors (Lipinski definition) is 5. The Bertz CT molecular complexity index is 499. The number of hydrogen-bond donors (Lipinski definition) is 0. The highest BCUT2D eigenvalue weighted by Crippen LogP contribution is 2.38. The molecule has 0 amide bonds. The van der Waals surface area contributed by atoms with Crippen molar-refractivity contribution in [2.24, 2.45) is 0 Å². The van der Waals surface area contributed by atoms with Gasteiger partial charge in [-0.2, -0.15) is 13.2 Å². The van der Waals surface area contributed by atoms with Gasteiger partial charge < -0.3 is 4.90 Å². The number of nitro groups is 1. The molecule has 0 saturated carbocycles. The van der Waals surface area contributed by atoms with Gasteiger partial charge in [0.1, 0.15) is 6.54 Å². The first-order valence-corrected chi connectivity index (χ1v) is 6.08. The monoisotopic (exact) mass is 296 g/mol. The highest BCUT2D eigenvalue weighted by molar-refractivity contribution is 7.18. The van der Waals surface area contributed by atoms with E-state index in [2.05, 4.69) is 0 Å². The van der Waals surface area contributed by atoms with Crippen molar-refractivity contribution in [1.29, 1.82) is 0 Å². The van der Waals surface area contributed by atoms with Crippen LogP contribution in [0, 0.1) is 10.1 Å². The van der Waals surface area contributed by atoms with Crippen molar-refractivity contribution in [3.63, 3.8) is 0 Å². The number of ketones is 1. The van der Waals surface area contributed by atoms with Crippen molar-refractivity contribution in [2.45, 2.75) is 20.0 Å². The van der Waals surface area contributed by atoms with E-state index in [-0.39, 0.29) is 16.4 Å². The van der Waals surface area contributed by atoms with Gasteiger partial charge in [0.15, 0.2) is 10.8 Å². The van der Waals surface area contributed by atoms with Crippen molar-refractivity contribution in [1.82, 2.24) is 0 Å². The molecule has 0 bridgehead atoms. The standard InChI is InChI=1S/C10H11F3N2O3S/c1-3-14(5-10(11,12)13)9-7(15(17)18)4-8(19-9)6(2)16/h4H,3,5H2,1-2H3. The minimum absolute atomic E-state index is 0.0434. The molecular formula is C10H11F3N2O3S. The molecule has 0 fully saturated rings. The molecule has 0 N–H and O–H groups in total. The molecule has 1 aromatic rings. The summed E-state index contributed by atoms with van der Waals surface area (Å²) in [7, 11) is 0. The highest BCUT2D eigenvalue weighted by atomic mass is 32.1. The van der Waals surface area contributed by atoms with Crippen LogP contribution in [0.5, 0.6) is 0 Å². The molecule has 1 rings (SSSR count). The van der Waals surface area contributed by atoms with Crippen LogP contribution in [0.4, 0.5) is 23.9 Å². The Balaban J connectivity index is 3.22. The summed E-state index contributed by atoms with van der Waals surface area (Å²) in [5.41, 5.74) is -0.471. The Morgan fingerprint density at radius 3 is 2.47 bits per heavy atom. The first-order valence-electron chi connectivity index (χ1n) is 5.26. The molecule has 0 radical (unpaired) electrons. The largest absolute Gasteiger partial charge is 0.405 e. The summed E-state index contributed by atoms with van der Waals surface area (Å²) in [6, 6.07) is 1.02. The van der Waals surface area contributed by atoms with Crippen LogP contribution in [-0.4, -0.2) is 30.0 Å². The minimum atomic E-state index is -4.47. The van der Waals surface area contributed by atoms with Crippen LogP contribution < -0.4 is 4.90 Å². The number of carbonyl (C=O) groups is 1. The van der Waals surface area contributed by atoms with Gasteiger partial charge in [0, 0.05) is 12.6 Å². The predicted molar refractivity (Wildman–Crippen MR) is 64.9 cm³/mol. The number of carbonyl (C=O) groups excluding carboxylic acids is 1. The first-order chi connectivity index (χ1) is 8.65. The van der Waals surface area contributed by atoms with Gasteiger partial charge in [0.2, 0.25) is 0 Å². The maximum absolute atomic E-state index is 12.4. The van der Waals surface area contributed by atoms with Gasteiger partial charge in [-0.3, -0.25) is 14.9 Å². The maximum Gasteiger partial charge on any atom is 0.405 e. The third-order valence-corrected chi connectivity index (χ3v) is 3.56.